The fraction of sp³-hybridized carbons (Fsp3) is 0.469. The molecule has 1 aromatic heterocycles. The number of hydrogen-bond acceptors (Lipinski definition) is 7. The number of benzene rings is 2. The van der Waals surface area contributed by atoms with Gasteiger partial charge in [0, 0.05) is 24.9 Å². The van der Waals surface area contributed by atoms with Crippen molar-refractivity contribution < 1.29 is 33.3 Å². The molecule has 0 unspecified atom stereocenters. The minimum Gasteiger partial charge on any atom is -0.493 e. The first kappa shape index (κ1) is 30.0. The van der Waals surface area contributed by atoms with E-state index in [4.69, 9.17) is 28.7 Å². The van der Waals surface area contributed by atoms with E-state index in [1.54, 1.807) is 13.8 Å². The number of nitrogens with one attached hydrogen (secondary N) is 1. The predicted octanol–water partition coefficient (Wildman–Crippen LogP) is 6.63. The summed E-state index contributed by atoms with van der Waals surface area (Å²) in [7, 11) is 0. The minimum atomic E-state index is -0.880. The molecular formula is C32H40N2O7. The van der Waals surface area contributed by atoms with Crippen LogP contribution in [0.4, 0.5) is 4.79 Å². The van der Waals surface area contributed by atoms with Crippen LogP contribution in [0, 0.1) is 6.92 Å². The first-order chi connectivity index (χ1) is 19.8. The average Bonchev–Trinajstić information content (AvgIpc) is 3.32. The van der Waals surface area contributed by atoms with Gasteiger partial charge in [-0.05, 0) is 94.3 Å². The number of hydrogen-bond donors (Lipinski definition) is 2. The lowest BCUT2D eigenvalue weighted by Gasteiger charge is -2.23. The Hall–Kier alpha value is -4.01. The number of amides is 1. The molecule has 1 saturated carbocycles. The van der Waals surface area contributed by atoms with Gasteiger partial charge in [-0.2, -0.15) is 0 Å². The van der Waals surface area contributed by atoms with Gasteiger partial charge in [0.25, 0.3) is 0 Å². The van der Waals surface area contributed by atoms with Crippen LogP contribution in [0.2, 0.25) is 0 Å². The molecule has 41 heavy (non-hydrogen) atoms. The summed E-state index contributed by atoms with van der Waals surface area (Å²) in [5.41, 5.74) is 3.30. The number of ether oxygens (including phenoxy) is 3. The molecule has 3 aromatic rings. The van der Waals surface area contributed by atoms with Crippen LogP contribution in [0.15, 0.2) is 46.9 Å². The standard InChI is InChI=1S/C32H40N2O7/c1-21(2)39-32(37)33-20-25-19-27(14-12-23(25)13-15-30(35)36)38-17-16-29-22(3)40-31(34-29)24-8-7-11-28(18-24)41-26-9-5-4-6-10-26/h7-8,11-12,14,18-19,21,26H,4-6,9-10,13,15-17,20H2,1-3H3,(H,33,37)(H,35,36). The number of rotatable bonds is 13. The topological polar surface area (TPSA) is 120 Å². The van der Waals surface area contributed by atoms with E-state index >= 15 is 0 Å². The molecule has 0 radical (unpaired) electrons. The van der Waals surface area contributed by atoms with E-state index in [1.165, 1.54) is 19.3 Å². The SMILES string of the molecule is Cc1oc(-c2cccc(OC3CCCCC3)c2)nc1CCOc1ccc(CCC(=O)O)c(CNC(=O)OC(C)C)c1. The number of carboxylic acid groups (broad SMARTS) is 1. The van der Waals surface area contributed by atoms with Crippen LogP contribution in [0.25, 0.3) is 11.5 Å². The van der Waals surface area contributed by atoms with E-state index in [0.29, 0.717) is 31.1 Å². The number of carboxylic acids is 1. The maximum Gasteiger partial charge on any atom is 0.407 e. The summed E-state index contributed by atoms with van der Waals surface area (Å²) in [6.07, 6.45) is 6.30. The van der Waals surface area contributed by atoms with Crippen molar-refractivity contribution in [1.82, 2.24) is 10.3 Å². The Labute approximate surface area is 241 Å². The summed E-state index contributed by atoms with van der Waals surface area (Å²) < 4.78 is 23.4. The van der Waals surface area contributed by atoms with Crippen molar-refractivity contribution in [2.75, 3.05) is 6.61 Å². The fourth-order valence-corrected chi connectivity index (χ4v) is 4.89. The zero-order valence-electron chi connectivity index (χ0n) is 24.1. The summed E-state index contributed by atoms with van der Waals surface area (Å²) in [5.74, 6) is 1.86. The Morgan fingerprint density at radius 1 is 1.05 bits per heavy atom. The molecule has 0 spiro atoms. The number of alkyl carbamates (subject to hydrolysis) is 1. The van der Waals surface area contributed by atoms with E-state index in [1.807, 2.05) is 49.4 Å². The highest BCUT2D eigenvalue weighted by molar-refractivity contribution is 5.68. The minimum absolute atomic E-state index is 0.00692. The van der Waals surface area contributed by atoms with Crippen LogP contribution in [0.5, 0.6) is 11.5 Å². The van der Waals surface area contributed by atoms with Gasteiger partial charge in [-0.15, -0.1) is 0 Å². The van der Waals surface area contributed by atoms with Gasteiger partial charge in [-0.1, -0.05) is 18.6 Å². The van der Waals surface area contributed by atoms with Gasteiger partial charge in [-0.25, -0.2) is 9.78 Å². The van der Waals surface area contributed by atoms with Crippen molar-refractivity contribution in [3.8, 4) is 23.0 Å². The summed E-state index contributed by atoms with van der Waals surface area (Å²) in [6, 6.07) is 13.4. The Balaban J connectivity index is 1.37. The summed E-state index contributed by atoms with van der Waals surface area (Å²) in [6.45, 7) is 6.01. The highest BCUT2D eigenvalue weighted by Gasteiger charge is 2.17. The van der Waals surface area contributed by atoms with Crippen LogP contribution in [-0.4, -0.2) is 41.0 Å². The van der Waals surface area contributed by atoms with Gasteiger partial charge < -0.3 is 29.1 Å². The second-order valence-electron chi connectivity index (χ2n) is 10.7. The molecule has 1 fully saturated rings. The molecule has 1 heterocycles. The third kappa shape index (κ3) is 9.27. The second-order valence-corrected chi connectivity index (χ2v) is 10.7. The molecule has 2 aromatic carbocycles. The Morgan fingerprint density at radius 3 is 2.61 bits per heavy atom. The zero-order chi connectivity index (χ0) is 29.2. The van der Waals surface area contributed by atoms with Gasteiger partial charge in [0.15, 0.2) is 0 Å². The van der Waals surface area contributed by atoms with Crippen molar-refractivity contribution in [3.05, 3.63) is 65.0 Å². The van der Waals surface area contributed by atoms with E-state index in [0.717, 1.165) is 46.7 Å². The molecule has 9 heteroatoms. The lowest BCUT2D eigenvalue weighted by molar-refractivity contribution is -0.136. The van der Waals surface area contributed by atoms with Crippen molar-refractivity contribution in [2.45, 2.75) is 90.9 Å². The maximum absolute atomic E-state index is 12.0. The van der Waals surface area contributed by atoms with Crippen LogP contribution >= 0.6 is 0 Å². The maximum atomic E-state index is 12.0. The zero-order valence-corrected chi connectivity index (χ0v) is 24.1. The second kappa shape index (κ2) is 14.6. The molecule has 0 aliphatic heterocycles. The molecule has 2 N–H and O–H groups in total. The number of carbonyl (C=O) groups excluding carboxylic acids is 1. The lowest BCUT2D eigenvalue weighted by Crippen LogP contribution is -2.26. The predicted molar refractivity (Wildman–Crippen MR) is 154 cm³/mol. The molecule has 1 amide bonds. The van der Waals surface area contributed by atoms with Crippen molar-refractivity contribution in [1.29, 1.82) is 0 Å². The number of aliphatic carboxylic acids is 1. The third-order valence-electron chi connectivity index (χ3n) is 6.99. The van der Waals surface area contributed by atoms with Crippen LogP contribution in [0.3, 0.4) is 0 Å². The van der Waals surface area contributed by atoms with Crippen molar-refractivity contribution in [2.24, 2.45) is 0 Å². The molecule has 4 rings (SSSR count). The molecule has 0 saturated heterocycles. The van der Waals surface area contributed by atoms with Gasteiger partial charge in [0.05, 0.1) is 24.5 Å². The van der Waals surface area contributed by atoms with Crippen LogP contribution in [0.1, 0.15) is 75.0 Å². The molecule has 0 atom stereocenters. The molecule has 1 aliphatic carbocycles. The average molecular weight is 565 g/mol. The molecule has 9 nitrogen and oxygen atoms in total. The van der Waals surface area contributed by atoms with Crippen LogP contribution < -0.4 is 14.8 Å². The van der Waals surface area contributed by atoms with Gasteiger partial charge in [0.2, 0.25) is 5.89 Å². The number of nitrogens with zero attached hydrogens (tertiary/aromatic N) is 1. The molecule has 1 aliphatic rings. The van der Waals surface area contributed by atoms with E-state index in [-0.39, 0.29) is 25.2 Å². The highest BCUT2D eigenvalue weighted by atomic mass is 16.6. The Morgan fingerprint density at radius 2 is 1.85 bits per heavy atom. The number of aryl methyl sites for hydroxylation is 2. The quantitative estimate of drug-likeness (QED) is 0.237. The largest absolute Gasteiger partial charge is 0.493 e. The molecule has 220 valence electrons. The summed E-state index contributed by atoms with van der Waals surface area (Å²) in [5, 5.41) is 11.8. The molecular weight excluding hydrogens is 524 g/mol. The van der Waals surface area contributed by atoms with Crippen LogP contribution in [-0.2, 0) is 28.9 Å². The van der Waals surface area contributed by atoms with Gasteiger partial charge in [-0.3, -0.25) is 4.79 Å². The normalized spacial score (nSPS) is 13.7. The number of carbonyl (C=O) groups is 2. The van der Waals surface area contributed by atoms with E-state index < -0.39 is 12.1 Å². The fourth-order valence-electron chi connectivity index (χ4n) is 4.89. The first-order valence-corrected chi connectivity index (χ1v) is 14.4. The van der Waals surface area contributed by atoms with Crippen molar-refractivity contribution >= 4 is 12.1 Å². The smallest absolute Gasteiger partial charge is 0.407 e. The van der Waals surface area contributed by atoms with Gasteiger partial charge in [0.1, 0.15) is 17.3 Å². The Bertz CT molecular complexity index is 1310. The Kier molecular flexibility index (Phi) is 10.6. The first-order valence-electron chi connectivity index (χ1n) is 14.4. The summed E-state index contributed by atoms with van der Waals surface area (Å²) >= 11 is 0. The molecule has 0 bridgehead atoms. The van der Waals surface area contributed by atoms with Gasteiger partial charge >= 0.3 is 12.1 Å². The number of aromatic nitrogens is 1. The highest BCUT2D eigenvalue weighted by Crippen LogP contribution is 2.29. The monoisotopic (exact) mass is 564 g/mol. The lowest BCUT2D eigenvalue weighted by atomic mass is 9.98. The van der Waals surface area contributed by atoms with E-state index in [2.05, 4.69) is 5.32 Å². The van der Waals surface area contributed by atoms with E-state index in [9.17, 15) is 9.59 Å². The third-order valence-corrected chi connectivity index (χ3v) is 6.99. The number of oxazole rings is 1. The van der Waals surface area contributed by atoms with Crippen molar-refractivity contribution in [3.63, 3.8) is 0 Å². The summed E-state index contributed by atoms with van der Waals surface area (Å²) in [4.78, 5) is 27.8.